The number of carbonyl (C=O) groups is 1. The number of carbonyl (C=O) groups excluding carboxylic acids is 1. The van der Waals surface area contributed by atoms with Crippen molar-refractivity contribution in [3.63, 3.8) is 0 Å². The van der Waals surface area contributed by atoms with Crippen LogP contribution in [0.3, 0.4) is 0 Å². The van der Waals surface area contributed by atoms with Crippen LogP contribution >= 0.6 is 0 Å². The quantitative estimate of drug-likeness (QED) is 0.695. The summed E-state index contributed by atoms with van der Waals surface area (Å²) in [5, 5.41) is 4.28. The van der Waals surface area contributed by atoms with Crippen molar-refractivity contribution in [1.82, 2.24) is 19.7 Å². The number of hydrogen-bond donors (Lipinski definition) is 0. The maximum atomic E-state index is 11.7. The number of nitrogens with zero attached hydrogens (tertiary/aromatic N) is 4. The largest absolute Gasteiger partial charge is 0.295 e. The van der Waals surface area contributed by atoms with Crippen LogP contribution in [0.25, 0.3) is 5.82 Å². The Bertz CT molecular complexity index is 867. The first-order valence-electron chi connectivity index (χ1n) is 7.47. The van der Waals surface area contributed by atoms with Gasteiger partial charge in [-0.1, -0.05) is 18.2 Å². The summed E-state index contributed by atoms with van der Waals surface area (Å²) in [6, 6.07) is 9.84. The zero-order valence-corrected chi connectivity index (χ0v) is 13.4. The monoisotopic (exact) mass is 306 g/mol. The Morgan fingerprint density at radius 3 is 2.70 bits per heavy atom. The molecule has 2 aromatic heterocycles. The maximum Gasteiger partial charge on any atom is 0.160 e. The van der Waals surface area contributed by atoms with Crippen LogP contribution in [0.1, 0.15) is 39.8 Å². The summed E-state index contributed by atoms with van der Waals surface area (Å²) in [5.41, 5.74) is 4.08. The van der Waals surface area contributed by atoms with E-state index < -0.39 is 0 Å². The van der Waals surface area contributed by atoms with Crippen molar-refractivity contribution >= 4 is 5.78 Å². The zero-order chi connectivity index (χ0) is 16.4. The molecule has 0 fully saturated rings. The number of hydrogen-bond acceptors (Lipinski definition) is 4. The molecule has 0 aliphatic carbocycles. The van der Waals surface area contributed by atoms with Gasteiger partial charge in [-0.25, -0.2) is 14.6 Å². The number of rotatable bonds is 4. The Morgan fingerprint density at radius 1 is 1.17 bits per heavy atom. The van der Waals surface area contributed by atoms with E-state index in [9.17, 15) is 4.79 Å². The third kappa shape index (κ3) is 3.18. The second kappa shape index (κ2) is 6.12. The highest BCUT2D eigenvalue weighted by atomic mass is 16.1. The smallest absolute Gasteiger partial charge is 0.160 e. The predicted octanol–water partition coefficient (Wildman–Crippen LogP) is 3.07. The number of pyridine rings is 1. The lowest BCUT2D eigenvalue weighted by atomic mass is 9.95. The normalized spacial score (nSPS) is 10.7. The SMILES string of the molecule is CC(=O)c1cccc(Cc2ccnc(-n3cnc(C)n3)c2)c1C. The van der Waals surface area contributed by atoms with Gasteiger partial charge in [-0.2, -0.15) is 5.10 Å². The average Bonchev–Trinajstić information content (AvgIpc) is 2.96. The van der Waals surface area contributed by atoms with Gasteiger partial charge in [0, 0.05) is 11.8 Å². The Labute approximate surface area is 135 Å². The van der Waals surface area contributed by atoms with E-state index in [0.717, 1.165) is 34.5 Å². The van der Waals surface area contributed by atoms with Crippen molar-refractivity contribution in [3.05, 3.63) is 70.9 Å². The van der Waals surface area contributed by atoms with E-state index in [0.29, 0.717) is 5.82 Å². The average molecular weight is 306 g/mol. The number of Topliss-reactive ketones (excluding diaryl/α,β-unsaturated/α-hetero) is 1. The van der Waals surface area contributed by atoms with Crippen molar-refractivity contribution in [3.8, 4) is 5.82 Å². The Morgan fingerprint density at radius 2 is 2.00 bits per heavy atom. The first-order valence-corrected chi connectivity index (χ1v) is 7.47. The molecule has 2 heterocycles. The van der Waals surface area contributed by atoms with Crippen LogP contribution in [-0.4, -0.2) is 25.5 Å². The van der Waals surface area contributed by atoms with Gasteiger partial charge in [-0.05, 0) is 56.0 Å². The summed E-state index contributed by atoms with van der Waals surface area (Å²) in [7, 11) is 0. The van der Waals surface area contributed by atoms with Gasteiger partial charge in [-0.3, -0.25) is 4.79 Å². The molecule has 116 valence electrons. The first kappa shape index (κ1) is 15.1. The third-order valence-corrected chi connectivity index (χ3v) is 3.87. The summed E-state index contributed by atoms with van der Waals surface area (Å²) in [6.45, 7) is 5.44. The molecule has 0 aliphatic heterocycles. The summed E-state index contributed by atoms with van der Waals surface area (Å²) in [5.74, 6) is 1.54. The lowest BCUT2D eigenvalue weighted by Crippen LogP contribution is -2.03. The molecule has 5 heteroatoms. The van der Waals surface area contributed by atoms with E-state index in [1.54, 1.807) is 24.1 Å². The Balaban J connectivity index is 1.92. The summed E-state index contributed by atoms with van der Waals surface area (Å²) in [6.07, 6.45) is 4.17. The molecule has 0 spiro atoms. The fourth-order valence-corrected chi connectivity index (χ4v) is 2.63. The van der Waals surface area contributed by atoms with Crippen molar-refractivity contribution in [2.75, 3.05) is 0 Å². The van der Waals surface area contributed by atoms with Gasteiger partial charge in [0.1, 0.15) is 12.2 Å². The van der Waals surface area contributed by atoms with Crippen LogP contribution < -0.4 is 0 Å². The highest BCUT2D eigenvalue weighted by Crippen LogP contribution is 2.19. The second-order valence-electron chi connectivity index (χ2n) is 5.58. The van der Waals surface area contributed by atoms with E-state index in [4.69, 9.17) is 0 Å². The van der Waals surface area contributed by atoms with Gasteiger partial charge in [-0.15, -0.1) is 0 Å². The van der Waals surface area contributed by atoms with Gasteiger partial charge in [0.2, 0.25) is 0 Å². The van der Waals surface area contributed by atoms with Gasteiger partial charge in [0.05, 0.1) is 0 Å². The molecule has 0 bridgehead atoms. The fourth-order valence-electron chi connectivity index (χ4n) is 2.63. The number of aryl methyl sites for hydroxylation is 1. The molecular formula is C18H18N4O. The Kier molecular flexibility index (Phi) is 4.02. The Hall–Kier alpha value is -2.82. The van der Waals surface area contributed by atoms with E-state index in [1.807, 2.05) is 38.1 Å². The number of aromatic nitrogens is 4. The molecule has 0 saturated heterocycles. The molecule has 3 aromatic rings. The van der Waals surface area contributed by atoms with E-state index in [-0.39, 0.29) is 5.78 Å². The van der Waals surface area contributed by atoms with E-state index in [1.165, 1.54) is 0 Å². The van der Waals surface area contributed by atoms with Crippen LogP contribution in [-0.2, 0) is 6.42 Å². The number of benzene rings is 1. The van der Waals surface area contributed by atoms with Gasteiger partial charge < -0.3 is 0 Å². The maximum absolute atomic E-state index is 11.7. The zero-order valence-electron chi connectivity index (χ0n) is 13.4. The minimum atomic E-state index is 0.0952. The van der Waals surface area contributed by atoms with E-state index in [2.05, 4.69) is 21.1 Å². The van der Waals surface area contributed by atoms with Crippen molar-refractivity contribution in [1.29, 1.82) is 0 Å². The van der Waals surface area contributed by atoms with E-state index >= 15 is 0 Å². The predicted molar refractivity (Wildman–Crippen MR) is 87.9 cm³/mol. The minimum Gasteiger partial charge on any atom is -0.295 e. The molecule has 0 saturated carbocycles. The second-order valence-corrected chi connectivity index (χ2v) is 5.58. The summed E-state index contributed by atoms with van der Waals surface area (Å²) in [4.78, 5) is 20.1. The first-order chi connectivity index (χ1) is 11.0. The molecule has 0 unspecified atom stereocenters. The highest BCUT2D eigenvalue weighted by molar-refractivity contribution is 5.95. The van der Waals surface area contributed by atoms with Gasteiger partial charge in [0.15, 0.2) is 11.6 Å². The molecule has 0 aliphatic rings. The standard InChI is InChI=1S/C18H18N4O/c1-12-16(5-4-6-17(12)13(2)23)9-15-7-8-19-18(10-15)22-11-20-14(3)21-22/h4-8,10-11H,9H2,1-3H3. The third-order valence-electron chi connectivity index (χ3n) is 3.87. The van der Waals surface area contributed by atoms with Crippen LogP contribution in [0.15, 0.2) is 42.9 Å². The van der Waals surface area contributed by atoms with Crippen molar-refractivity contribution < 1.29 is 4.79 Å². The molecule has 5 nitrogen and oxygen atoms in total. The highest BCUT2D eigenvalue weighted by Gasteiger charge is 2.09. The van der Waals surface area contributed by atoms with Crippen LogP contribution in [0.2, 0.25) is 0 Å². The molecule has 1 aromatic carbocycles. The molecule has 0 N–H and O–H groups in total. The minimum absolute atomic E-state index is 0.0952. The van der Waals surface area contributed by atoms with Gasteiger partial charge in [0.25, 0.3) is 0 Å². The lowest BCUT2D eigenvalue weighted by Gasteiger charge is -2.10. The molecule has 0 atom stereocenters. The summed E-state index contributed by atoms with van der Waals surface area (Å²) >= 11 is 0. The molecule has 0 radical (unpaired) electrons. The lowest BCUT2D eigenvalue weighted by molar-refractivity contribution is 0.101. The van der Waals surface area contributed by atoms with Crippen LogP contribution in [0.4, 0.5) is 0 Å². The van der Waals surface area contributed by atoms with Crippen LogP contribution in [0.5, 0.6) is 0 Å². The van der Waals surface area contributed by atoms with Crippen molar-refractivity contribution in [2.24, 2.45) is 0 Å². The number of ketones is 1. The van der Waals surface area contributed by atoms with Crippen LogP contribution in [0, 0.1) is 13.8 Å². The topological polar surface area (TPSA) is 60.7 Å². The molecule has 23 heavy (non-hydrogen) atoms. The fraction of sp³-hybridized carbons (Fsp3) is 0.222. The molecular weight excluding hydrogens is 288 g/mol. The van der Waals surface area contributed by atoms with Gasteiger partial charge >= 0.3 is 0 Å². The summed E-state index contributed by atoms with van der Waals surface area (Å²) < 4.78 is 1.66. The molecule has 0 amide bonds. The van der Waals surface area contributed by atoms with Crippen molar-refractivity contribution in [2.45, 2.75) is 27.2 Å². The molecule has 3 rings (SSSR count).